The van der Waals surface area contributed by atoms with Gasteiger partial charge in [-0.15, -0.1) is 0 Å². The van der Waals surface area contributed by atoms with Crippen LogP contribution in [0, 0.1) is 0 Å². The molecule has 0 bridgehead atoms. The number of aromatic nitrogens is 1. The summed E-state index contributed by atoms with van der Waals surface area (Å²) in [5, 5.41) is 6.52. The van der Waals surface area contributed by atoms with Gasteiger partial charge in [0.25, 0.3) is 5.91 Å². The number of ether oxygens (including phenoxy) is 1. The molecule has 1 amide bonds. The van der Waals surface area contributed by atoms with Crippen LogP contribution in [0.5, 0.6) is 5.75 Å². The van der Waals surface area contributed by atoms with Crippen LogP contribution in [0.1, 0.15) is 11.1 Å². The normalized spacial score (nSPS) is 11.2. The van der Waals surface area contributed by atoms with Crippen molar-refractivity contribution >= 4 is 22.4 Å². The summed E-state index contributed by atoms with van der Waals surface area (Å²) in [5.74, 6) is 0.306. The van der Waals surface area contributed by atoms with Crippen LogP contribution in [-0.2, 0) is 4.79 Å². The summed E-state index contributed by atoms with van der Waals surface area (Å²) in [6, 6.07) is 27.1. The lowest BCUT2D eigenvalue weighted by atomic mass is 10.0. The zero-order valence-electron chi connectivity index (χ0n) is 15.7. The fourth-order valence-electron chi connectivity index (χ4n) is 2.96. The van der Waals surface area contributed by atoms with Crippen LogP contribution in [0.4, 0.5) is 0 Å². The SMILES string of the molecule is O=C(COc1ccc2ccccc2c1)NN=C(c1ccccc1)c1ccncc1. The van der Waals surface area contributed by atoms with Crippen LogP contribution in [0.15, 0.2) is 102 Å². The highest BCUT2D eigenvalue weighted by Gasteiger charge is 2.09. The minimum atomic E-state index is -0.333. The van der Waals surface area contributed by atoms with Crippen LogP contribution in [0.25, 0.3) is 10.8 Å². The van der Waals surface area contributed by atoms with Crippen molar-refractivity contribution in [2.24, 2.45) is 5.10 Å². The van der Waals surface area contributed by atoms with Gasteiger partial charge in [0.2, 0.25) is 0 Å². The van der Waals surface area contributed by atoms with Crippen LogP contribution < -0.4 is 10.2 Å². The van der Waals surface area contributed by atoms with Gasteiger partial charge in [0.05, 0.1) is 5.71 Å². The molecule has 4 rings (SSSR count). The zero-order chi connectivity index (χ0) is 19.9. The van der Waals surface area contributed by atoms with E-state index in [2.05, 4.69) is 15.5 Å². The van der Waals surface area contributed by atoms with Crippen molar-refractivity contribution in [1.82, 2.24) is 10.4 Å². The number of benzene rings is 3. The molecule has 4 aromatic rings. The molecule has 0 atom stereocenters. The molecule has 0 aliphatic rings. The summed E-state index contributed by atoms with van der Waals surface area (Å²) in [5.41, 5.74) is 5.01. The van der Waals surface area contributed by atoms with E-state index < -0.39 is 0 Å². The van der Waals surface area contributed by atoms with Crippen molar-refractivity contribution in [1.29, 1.82) is 0 Å². The van der Waals surface area contributed by atoms with E-state index >= 15 is 0 Å². The first-order valence-electron chi connectivity index (χ1n) is 9.23. The first-order chi connectivity index (χ1) is 14.3. The Hall–Kier alpha value is -3.99. The molecule has 0 aliphatic carbocycles. The molecule has 5 nitrogen and oxygen atoms in total. The number of nitrogens with zero attached hydrogens (tertiary/aromatic N) is 2. The zero-order valence-corrected chi connectivity index (χ0v) is 15.7. The highest BCUT2D eigenvalue weighted by Crippen LogP contribution is 2.20. The second-order valence-electron chi connectivity index (χ2n) is 6.39. The number of rotatable bonds is 6. The summed E-state index contributed by atoms with van der Waals surface area (Å²) in [7, 11) is 0. The standard InChI is InChI=1S/C24H19N3O2/c28-23(17-29-22-11-10-18-6-4-5-9-21(18)16-22)26-27-24(19-7-2-1-3-8-19)20-12-14-25-15-13-20/h1-16H,17H2,(H,26,28). The lowest BCUT2D eigenvalue weighted by Gasteiger charge is -2.09. The van der Waals surface area contributed by atoms with Crippen molar-refractivity contribution < 1.29 is 9.53 Å². The van der Waals surface area contributed by atoms with E-state index in [1.807, 2.05) is 84.9 Å². The van der Waals surface area contributed by atoms with E-state index in [4.69, 9.17) is 4.74 Å². The Balaban J connectivity index is 1.46. The number of hydrogen-bond donors (Lipinski definition) is 1. The molecule has 1 N–H and O–H groups in total. The van der Waals surface area contributed by atoms with E-state index in [0.717, 1.165) is 21.9 Å². The third-order valence-corrected chi connectivity index (χ3v) is 4.38. The molecule has 29 heavy (non-hydrogen) atoms. The molecule has 0 spiro atoms. The summed E-state index contributed by atoms with van der Waals surface area (Å²) in [6.07, 6.45) is 3.39. The van der Waals surface area contributed by atoms with Crippen molar-refractivity contribution in [3.05, 3.63) is 108 Å². The average molecular weight is 381 g/mol. The summed E-state index contributed by atoms with van der Waals surface area (Å²) < 4.78 is 5.63. The number of fused-ring (bicyclic) bond motifs is 1. The number of pyridine rings is 1. The predicted molar refractivity (Wildman–Crippen MR) is 114 cm³/mol. The maximum atomic E-state index is 12.3. The monoisotopic (exact) mass is 381 g/mol. The van der Waals surface area contributed by atoms with Crippen molar-refractivity contribution in [3.63, 3.8) is 0 Å². The van der Waals surface area contributed by atoms with E-state index in [-0.39, 0.29) is 12.5 Å². The van der Waals surface area contributed by atoms with Crippen LogP contribution in [0.3, 0.4) is 0 Å². The molecular weight excluding hydrogens is 362 g/mol. The topological polar surface area (TPSA) is 63.6 Å². The first-order valence-corrected chi connectivity index (χ1v) is 9.23. The molecular formula is C24H19N3O2. The second-order valence-corrected chi connectivity index (χ2v) is 6.39. The van der Waals surface area contributed by atoms with Crippen molar-refractivity contribution in [2.75, 3.05) is 6.61 Å². The number of hydrogen-bond acceptors (Lipinski definition) is 4. The molecule has 1 aromatic heterocycles. The molecule has 142 valence electrons. The molecule has 3 aromatic carbocycles. The van der Waals surface area contributed by atoms with Gasteiger partial charge in [-0.25, -0.2) is 5.43 Å². The number of nitrogens with one attached hydrogen (secondary N) is 1. The fraction of sp³-hybridized carbons (Fsp3) is 0.0417. The largest absolute Gasteiger partial charge is 0.484 e. The molecule has 0 fully saturated rings. The van der Waals surface area contributed by atoms with Gasteiger partial charge in [0.1, 0.15) is 5.75 Å². The van der Waals surface area contributed by atoms with Gasteiger partial charge in [0, 0.05) is 23.5 Å². The van der Waals surface area contributed by atoms with Crippen LogP contribution >= 0.6 is 0 Å². The Morgan fingerprint density at radius 3 is 2.31 bits per heavy atom. The third-order valence-electron chi connectivity index (χ3n) is 4.38. The Morgan fingerprint density at radius 1 is 0.828 bits per heavy atom. The Bertz CT molecular complexity index is 1100. The molecule has 5 heteroatoms. The third kappa shape index (κ3) is 4.65. The minimum absolute atomic E-state index is 0.125. The van der Waals surface area contributed by atoms with E-state index in [1.165, 1.54) is 0 Å². The predicted octanol–water partition coefficient (Wildman–Crippen LogP) is 4.18. The van der Waals surface area contributed by atoms with E-state index in [9.17, 15) is 4.79 Å². The molecule has 1 heterocycles. The Kier molecular flexibility index (Phi) is 5.58. The quantitative estimate of drug-likeness (QED) is 0.402. The number of carbonyl (C=O) groups excluding carboxylic acids is 1. The average Bonchev–Trinajstić information content (AvgIpc) is 2.79. The molecule has 0 saturated heterocycles. The first kappa shape index (κ1) is 18.4. The summed E-state index contributed by atoms with van der Waals surface area (Å²) in [6.45, 7) is -0.125. The Labute approximate surface area is 168 Å². The van der Waals surface area contributed by atoms with Gasteiger partial charge in [0.15, 0.2) is 6.61 Å². The molecule has 0 saturated carbocycles. The van der Waals surface area contributed by atoms with Crippen molar-refractivity contribution in [3.8, 4) is 5.75 Å². The number of carbonyl (C=O) groups is 1. The maximum Gasteiger partial charge on any atom is 0.277 e. The van der Waals surface area contributed by atoms with E-state index in [0.29, 0.717) is 11.5 Å². The summed E-state index contributed by atoms with van der Waals surface area (Å²) in [4.78, 5) is 16.3. The number of hydrazone groups is 1. The van der Waals surface area contributed by atoms with Crippen LogP contribution in [0.2, 0.25) is 0 Å². The van der Waals surface area contributed by atoms with Gasteiger partial charge in [-0.05, 0) is 35.0 Å². The highest BCUT2D eigenvalue weighted by molar-refractivity contribution is 6.13. The molecule has 0 unspecified atom stereocenters. The van der Waals surface area contributed by atoms with Gasteiger partial charge >= 0.3 is 0 Å². The minimum Gasteiger partial charge on any atom is -0.484 e. The summed E-state index contributed by atoms with van der Waals surface area (Å²) >= 11 is 0. The van der Waals surface area contributed by atoms with E-state index in [1.54, 1.807) is 12.4 Å². The number of amides is 1. The molecule has 0 radical (unpaired) electrons. The van der Waals surface area contributed by atoms with Crippen LogP contribution in [-0.4, -0.2) is 23.2 Å². The highest BCUT2D eigenvalue weighted by atomic mass is 16.5. The maximum absolute atomic E-state index is 12.3. The van der Waals surface area contributed by atoms with Crippen molar-refractivity contribution in [2.45, 2.75) is 0 Å². The lowest BCUT2D eigenvalue weighted by Crippen LogP contribution is -2.26. The van der Waals surface area contributed by atoms with Gasteiger partial charge in [-0.1, -0.05) is 60.7 Å². The lowest BCUT2D eigenvalue weighted by molar-refractivity contribution is -0.123. The van der Waals surface area contributed by atoms with Gasteiger partial charge in [-0.3, -0.25) is 9.78 Å². The van der Waals surface area contributed by atoms with Gasteiger partial charge in [-0.2, -0.15) is 5.10 Å². The molecule has 0 aliphatic heterocycles. The Morgan fingerprint density at radius 2 is 1.52 bits per heavy atom. The second kappa shape index (κ2) is 8.80. The van der Waals surface area contributed by atoms with Gasteiger partial charge < -0.3 is 4.74 Å². The fourth-order valence-corrected chi connectivity index (χ4v) is 2.96. The smallest absolute Gasteiger partial charge is 0.277 e.